The zero-order valence-electron chi connectivity index (χ0n) is 15.1. The molecule has 0 heterocycles. The van der Waals surface area contributed by atoms with Crippen LogP contribution < -0.4 is 0 Å². The van der Waals surface area contributed by atoms with Crippen LogP contribution in [0.15, 0.2) is 92.5 Å². The predicted molar refractivity (Wildman–Crippen MR) is 113 cm³/mol. The molecule has 132 valence electrons. The fraction of sp³-hybridized carbons (Fsp3) is 0.273. The number of aliphatic hydroxyl groups is 1. The number of thioether (sulfide) groups is 2. The molecule has 3 heteroatoms. The first-order valence-electron chi connectivity index (χ1n) is 8.74. The van der Waals surface area contributed by atoms with Gasteiger partial charge in [-0.1, -0.05) is 67.7 Å². The Bertz CT molecular complexity index is 721. The van der Waals surface area contributed by atoms with Crippen LogP contribution in [0.2, 0.25) is 0 Å². The van der Waals surface area contributed by atoms with Crippen molar-refractivity contribution >= 4 is 23.5 Å². The molecule has 0 aliphatic heterocycles. The van der Waals surface area contributed by atoms with Crippen molar-refractivity contribution in [3.63, 3.8) is 0 Å². The largest absolute Gasteiger partial charge is 0.382 e. The van der Waals surface area contributed by atoms with Gasteiger partial charge in [0.2, 0.25) is 0 Å². The lowest BCUT2D eigenvalue weighted by molar-refractivity contribution is 0.164. The summed E-state index contributed by atoms with van der Waals surface area (Å²) in [5.74, 6) is 0. The standard InChI is InChI=1S/C20H20OS2.C2H6/c1-20(21)13-6-11-17(12-14-20)23-19-10-5-9-18(15-19)22-16-7-3-2-4-8-16;1-2/h3,5-15,21H,2,4H2,1H3;1-2H3. The van der Waals surface area contributed by atoms with E-state index in [1.807, 2.05) is 49.9 Å². The molecule has 0 aromatic heterocycles. The highest BCUT2D eigenvalue weighted by Crippen LogP contribution is 2.35. The minimum absolute atomic E-state index is 0.865. The molecule has 1 aromatic carbocycles. The molecule has 1 atom stereocenters. The average Bonchev–Trinajstić information content (AvgIpc) is 2.79. The highest BCUT2D eigenvalue weighted by atomic mass is 32.2. The molecule has 3 rings (SSSR count). The Morgan fingerprint density at radius 3 is 2.36 bits per heavy atom. The lowest BCUT2D eigenvalue weighted by atomic mass is 10.1. The summed E-state index contributed by atoms with van der Waals surface area (Å²) in [6.45, 7) is 5.78. The SMILES string of the molecule is CC.CC1(O)C=CC=C(Sc2cccc(SC3=CCCC=C3)c2)C=C1. The molecule has 0 saturated heterocycles. The van der Waals surface area contributed by atoms with E-state index in [2.05, 4.69) is 42.5 Å². The van der Waals surface area contributed by atoms with Crippen molar-refractivity contribution in [3.8, 4) is 0 Å². The van der Waals surface area contributed by atoms with E-state index in [4.69, 9.17) is 0 Å². The molecule has 1 N–H and O–H groups in total. The van der Waals surface area contributed by atoms with Gasteiger partial charge in [-0.05, 0) is 62.3 Å². The first kappa shape index (κ1) is 19.9. The minimum atomic E-state index is -0.865. The fourth-order valence-electron chi connectivity index (χ4n) is 2.31. The van der Waals surface area contributed by atoms with Crippen LogP contribution in [-0.2, 0) is 0 Å². The molecule has 0 saturated carbocycles. The molecule has 25 heavy (non-hydrogen) atoms. The molecular formula is C22H26OS2. The molecule has 0 spiro atoms. The highest BCUT2D eigenvalue weighted by Gasteiger charge is 2.13. The lowest BCUT2D eigenvalue weighted by Gasteiger charge is -2.11. The number of rotatable bonds is 4. The summed E-state index contributed by atoms with van der Waals surface area (Å²) >= 11 is 3.53. The third-order valence-electron chi connectivity index (χ3n) is 3.52. The predicted octanol–water partition coefficient (Wildman–Crippen LogP) is 6.89. The second-order valence-electron chi connectivity index (χ2n) is 5.75. The number of hydrogen-bond acceptors (Lipinski definition) is 3. The Balaban J connectivity index is 0.00000109. The summed E-state index contributed by atoms with van der Waals surface area (Å²) in [5, 5.41) is 10.0. The molecule has 2 aliphatic rings. The number of benzene rings is 1. The topological polar surface area (TPSA) is 20.2 Å². The van der Waals surface area contributed by atoms with E-state index in [1.165, 1.54) is 14.7 Å². The average molecular weight is 371 g/mol. The van der Waals surface area contributed by atoms with Gasteiger partial charge in [-0.3, -0.25) is 0 Å². The monoisotopic (exact) mass is 370 g/mol. The minimum Gasteiger partial charge on any atom is -0.382 e. The van der Waals surface area contributed by atoms with Crippen LogP contribution in [0.4, 0.5) is 0 Å². The Hall–Kier alpha value is -1.42. The molecule has 1 unspecified atom stereocenters. The van der Waals surface area contributed by atoms with Crippen molar-refractivity contribution in [1.82, 2.24) is 0 Å². The van der Waals surface area contributed by atoms with Gasteiger partial charge in [0.25, 0.3) is 0 Å². The van der Waals surface area contributed by atoms with Crippen LogP contribution >= 0.6 is 23.5 Å². The zero-order chi connectivity index (χ0) is 18.1. The van der Waals surface area contributed by atoms with Crippen LogP contribution in [0.3, 0.4) is 0 Å². The quantitative estimate of drug-likeness (QED) is 0.623. The van der Waals surface area contributed by atoms with Crippen molar-refractivity contribution in [2.75, 3.05) is 0 Å². The summed E-state index contributed by atoms with van der Waals surface area (Å²) in [4.78, 5) is 4.92. The van der Waals surface area contributed by atoms with Crippen molar-refractivity contribution < 1.29 is 5.11 Å². The fourth-order valence-corrected chi connectivity index (χ4v) is 4.24. The van der Waals surface area contributed by atoms with Crippen LogP contribution in [-0.4, -0.2) is 10.7 Å². The van der Waals surface area contributed by atoms with Crippen molar-refractivity contribution in [1.29, 1.82) is 0 Å². The molecule has 0 radical (unpaired) electrons. The van der Waals surface area contributed by atoms with E-state index in [0.717, 1.165) is 17.7 Å². The maximum atomic E-state index is 10.0. The number of allylic oxidation sites excluding steroid dienone is 6. The van der Waals surface area contributed by atoms with Gasteiger partial charge in [0, 0.05) is 19.6 Å². The van der Waals surface area contributed by atoms with Crippen molar-refractivity contribution in [3.05, 3.63) is 82.7 Å². The summed E-state index contributed by atoms with van der Waals surface area (Å²) in [7, 11) is 0. The van der Waals surface area contributed by atoms with Gasteiger partial charge in [0.1, 0.15) is 0 Å². The molecule has 1 nitrogen and oxygen atoms in total. The third kappa shape index (κ3) is 6.77. The van der Waals surface area contributed by atoms with Gasteiger partial charge in [0.05, 0.1) is 5.60 Å². The van der Waals surface area contributed by atoms with E-state index < -0.39 is 5.60 Å². The van der Waals surface area contributed by atoms with Gasteiger partial charge in [0.15, 0.2) is 0 Å². The van der Waals surface area contributed by atoms with Gasteiger partial charge in [-0.25, -0.2) is 0 Å². The second kappa shape index (κ2) is 9.91. The lowest BCUT2D eigenvalue weighted by Crippen LogP contribution is -2.15. The first-order valence-corrected chi connectivity index (χ1v) is 10.4. The van der Waals surface area contributed by atoms with E-state index >= 15 is 0 Å². The molecule has 0 amide bonds. The van der Waals surface area contributed by atoms with Crippen LogP contribution in [0, 0.1) is 0 Å². The van der Waals surface area contributed by atoms with Crippen LogP contribution in [0.1, 0.15) is 33.6 Å². The van der Waals surface area contributed by atoms with Gasteiger partial charge < -0.3 is 5.11 Å². The van der Waals surface area contributed by atoms with Crippen LogP contribution in [0.5, 0.6) is 0 Å². The summed E-state index contributed by atoms with van der Waals surface area (Å²) in [6.07, 6.45) is 18.6. The van der Waals surface area contributed by atoms with E-state index in [0.29, 0.717) is 0 Å². The van der Waals surface area contributed by atoms with E-state index in [1.54, 1.807) is 24.8 Å². The normalized spacial score (nSPS) is 21.8. The Morgan fingerprint density at radius 1 is 0.960 bits per heavy atom. The first-order chi connectivity index (χ1) is 12.1. The van der Waals surface area contributed by atoms with Gasteiger partial charge in [-0.2, -0.15) is 0 Å². The van der Waals surface area contributed by atoms with Crippen molar-refractivity contribution in [2.24, 2.45) is 0 Å². The van der Waals surface area contributed by atoms with E-state index in [-0.39, 0.29) is 0 Å². The van der Waals surface area contributed by atoms with Gasteiger partial charge >= 0.3 is 0 Å². The maximum Gasteiger partial charge on any atom is 0.0987 e. The Kier molecular flexibility index (Phi) is 7.89. The Morgan fingerprint density at radius 2 is 1.68 bits per heavy atom. The Labute approximate surface area is 160 Å². The van der Waals surface area contributed by atoms with Crippen molar-refractivity contribution in [2.45, 2.75) is 49.0 Å². The third-order valence-corrected chi connectivity index (χ3v) is 5.54. The smallest absolute Gasteiger partial charge is 0.0987 e. The van der Waals surface area contributed by atoms with E-state index in [9.17, 15) is 5.11 Å². The van der Waals surface area contributed by atoms with Crippen LogP contribution in [0.25, 0.3) is 0 Å². The summed E-state index contributed by atoms with van der Waals surface area (Å²) < 4.78 is 0. The second-order valence-corrected chi connectivity index (χ2v) is 8.05. The molecule has 2 aliphatic carbocycles. The molecular weight excluding hydrogens is 344 g/mol. The summed E-state index contributed by atoms with van der Waals surface area (Å²) in [5.41, 5.74) is -0.865. The molecule has 0 fully saturated rings. The molecule has 1 aromatic rings. The summed E-state index contributed by atoms with van der Waals surface area (Å²) in [6, 6.07) is 8.60. The number of hydrogen-bond donors (Lipinski definition) is 1. The van der Waals surface area contributed by atoms with Gasteiger partial charge in [-0.15, -0.1) is 0 Å². The maximum absolute atomic E-state index is 10.0. The molecule has 0 bridgehead atoms. The highest BCUT2D eigenvalue weighted by molar-refractivity contribution is 8.04. The zero-order valence-corrected chi connectivity index (χ0v) is 16.7.